The van der Waals surface area contributed by atoms with Crippen LogP contribution in [0.4, 0.5) is 0 Å². The van der Waals surface area contributed by atoms with Crippen molar-refractivity contribution in [1.29, 1.82) is 0 Å². The van der Waals surface area contributed by atoms with E-state index in [1.54, 1.807) is 6.92 Å². The molecule has 2 aliphatic carbocycles. The molecule has 2 saturated carbocycles. The van der Waals surface area contributed by atoms with E-state index in [9.17, 15) is 4.79 Å². The summed E-state index contributed by atoms with van der Waals surface area (Å²) >= 11 is 0. The Kier molecular flexibility index (Phi) is 4.62. The van der Waals surface area contributed by atoms with Crippen LogP contribution in [0.1, 0.15) is 45.4 Å². The Morgan fingerprint density at radius 3 is 2.39 bits per heavy atom. The maximum absolute atomic E-state index is 11.0. The average molecular weight is 253 g/mol. The van der Waals surface area contributed by atoms with E-state index in [-0.39, 0.29) is 5.91 Å². The molecule has 2 rings (SSSR count). The zero-order valence-electron chi connectivity index (χ0n) is 11.7. The number of likely N-dealkylation sites (N-methyl/N-ethyl adjacent to an activating group) is 1. The van der Waals surface area contributed by atoms with Gasteiger partial charge in [0.1, 0.15) is 0 Å². The number of nitrogens with one attached hydrogen (secondary N) is 3. The molecule has 4 heteroatoms. The van der Waals surface area contributed by atoms with Crippen LogP contribution >= 0.6 is 0 Å². The molecule has 0 aliphatic heterocycles. The minimum atomic E-state index is 0.122. The van der Waals surface area contributed by atoms with Gasteiger partial charge in [0, 0.05) is 32.1 Å². The molecule has 104 valence electrons. The van der Waals surface area contributed by atoms with Gasteiger partial charge in [0.25, 0.3) is 0 Å². The Hall–Kier alpha value is -0.610. The van der Waals surface area contributed by atoms with Crippen molar-refractivity contribution in [1.82, 2.24) is 16.0 Å². The monoisotopic (exact) mass is 253 g/mol. The fourth-order valence-electron chi connectivity index (χ4n) is 3.62. The largest absolute Gasteiger partial charge is 0.354 e. The standard InChI is InChI=1S/C14H27N3O/c1-11(18)17-13-9-14(10-13)5-3-12(4-6-14)16-8-7-15-2/h12-13,15-16H,3-10H2,1-2H3,(H,17,18). The molecule has 0 aromatic rings. The van der Waals surface area contributed by atoms with E-state index >= 15 is 0 Å². The van der Waals surface area contributed by atoms with E-state index in [1.165, 1.54) is 38.5 Å². The van der Waals surface area contributed by atoms with Crippen LogP contribution in [0.3, 0.4) is 0 Å². The van der Waals surface area contributed by atoms with Crippen LogP contribution in [0.2, 0.25) is 0 Å². The smallest absolute Gasteiger partial charge is 0.217 e. The van der Waals surface area contributed by atoms with Gasteiger partial charge in [0.2, 0.25) is 5.91 Å². The van der Waals surface area contributed by atoms with Gasteiger partial charge in [0.15, 0.2) is 0 Å². The predicted octanol–water partition coefficient (Wildman–Crippen LogP) is 1.02. The van der Waals surface area contributed by atoms with Gasteiger partial charge in [-0.05, 0) is 51.0 Å². The van der Waals surface area contributed by atoms with Gasteiger partial charge in [-0.1, -0.05) is 0 Å². The summed E-state index contributed by atoms with van der Waals surface area (Å²) in [4.78, 5) is 11.0. The van der Waals surface area contributed by atoms with E-state index in [0.29, 0.717) is 17.5 Å². The number of hydrogen-bond acceptors (Lipinski definition) is 3. The Morgan fingerprint density at radius 1 is 1.17 bits per heavy atom. The van der Waals surface area contributed by atoms with Crippen molar-refractivity contribution >= 4 is 5.91 Å². The lowest BCUT2D eigenvalue weighted by molar-refractivity contribution is -0.121. The fraction of sp³-hybridized carbons (Fsp3) is 0.929. The summed E-state index contributed by atoms with van der Waals surface area (Å²) in [5.41, 5.74) is 0.564. The highest BCUT2D eigenvalue weighted by Crippen LogP contribution is 2.51. The number of carbonyl (C=O) groups excluding carboxylic acids is 1. The molecule has 1 amide bonds. The summed E-state index contributed by atoms with van der Waals surface area (Å²) in [6, 6.07) is 1.17. The highest BCUT2D eigenvalue weighted by Gasteiger charge is 2.46. The normalized spacial score (nSPS) is 35.2. The molecular formula is C14H27N3O. The Labute approximate surface area is 110 Å². The summed E-state index contributed by atoms with van der Waals surface area (Å²) < 4.78 is 0. The third-order valence-electron chi connectivity index (χ3n) is 4.62. The molecule has 0 heterocycles. The van der Waals surface area contributed by atoms with Crippen LogP contribution in [-0.2, 0) is 4.79 Å². The van der Waals surface area contributed by atoms with Crippen LogP contribution in [0.15, 0.2) is 0 Å². The zero-order chi connectivity index (χ0) is 13.0. The molecule has 1 spiro atoms. The lowest BCUT2D eigenvalue weighted by atomic mass is 9.57. The molecule has 0 radical (unpaired) electrons. The molecular weight excluding hydrogens is 226 g/mol. The van der Waals surface area contributed by atoms with Crippen molar-refractivity contribution in [3.63, 3.8) is 0 Å². The Bertz CT molecular complexity index is 277. The first-order chi connectivity index (χ1) is 8.63. The lowest BCUT2D eigenvalue weighted by Crippen LogP contribution is -2.53. The van der Waals surface area contributed by atoms with E-state index < -0.39 is 0 Å². The molecule has 2 aliphatic rings. The van der Waals surface area contributed by atoms with Crippen molar-refractivity contribution in [2.45, 2.75) is 57.5 Å². The first kappa shape index (κ1) is 13.8. The maximum atomic E-state index is 11.0. The molecule has 0 saturated heterocycles. The molecule has 18 heavy (non-hydrogen) atoms. The van der Waals surface area contributed by atoms with Crippen LogP contribution in [0.25, 0.3) is 0 Å². The number of amides is 1. The van der Waals surface area contributed by atoms with Crippen LogP contribution in [0.5, 0.6) is 0 Å². The van der Waals surface area contributed by atoms with Gasteiger partial charge in [0.05, 0.1) is 0 Å². The molecule has 0 unspecified atom stereocenters. The SMILES string of the molecule is CNCCNC1CCC2(CC1)CC(NC(C)=O)C2. The lowest BCUT2D eigenvalue weighted by Gasteiger charge is -2.51. The van der Waals surface area contributed by atoms with E-state index in [2.05, 4.69) is 16.0 Å². The topological polar surface area (TPSA) is 53.2 Å². The Balaban J connectivity index is 1.64. The van der Waals surface area contributed by atoms with Crippen molar-refractivity contribution in [2.75, 3.05) is 20.1 Å². The summed E-state index contributed by atoms with van der Waals surface area (Å²) in [5.74, 6) is 0.122. The van der Waals surface area contributed by atoms with Gasteiger partial charge < -0.3 is 16.0 Å². The molecule has 2 fully saturated rings. The maximum Gasteiger partial charge on any atom is 0.217 e. The number of carbonyl (C=O) groups is 1. The molecule has 4 nitrogen and oxygen atoms in total. The van der Waals surface area contributed by atoms with E-state index in [1.807, 2.05) is 7.05 Å². The van der Waals surface area contributed by atoms with Crippen LogP contribution in [0, 0.1) is 5.41 Å². The second-order valence-electron chi connectivity index (χ2n) is 6.14. The molecule has 0 aromatic heterocycles. The van der Waals surface area contributed by atoms with Gasteiger partial charge in [-0.2, -0.15) is 0 Å². The van der Waals surface area contributed by atoms with Gasteiger partial charge in [-0.3, -0.25) is 4.79 Å². The van der Waals surface area contributed by atoms with Crippen molar-refractivity contribution in [2.24, 2.45) is 5.41 Å². The third kappa shape index (κ3) is 3.45. The van der Waals surface area contributed by atoms with Crippen LogP contribution < -0.4 is 16.0 Å². The first-order valence-corrected chi connectivity index (χ1v) is 7.29. The first-order valence-electron chi connectivity index (χ1n) is 7.29. The molecule has 0 atom stereocenters. The van der Waals surface area contributed by atoms with Gasteiger partial charge >= 0.3 is 0 Å². The van der Waals surface area contributed by atoms with E-state index in [0.717, 1.165) is 13.1 Å². The highest BCUT2D eigenvalue weighted by molar-refractivity contribution is 5.73. The van der Waals surface area contributed by atoms with Crippen molar-refractivity contribution in [3.05, 3.63) is 0 Å². The third-order valence-corrected chi connectivity index (χ3v) is 4.62. The summed E-state index contributed by atoms with van der Waals surface area (Å²) in [6.45, 7) is 3.74. The summed E-state index contributed by atoms with van der Waals surface area (Å²) in [5, 5.41) is 9.83. The average Bonchev–Trinajstić information content (AvgIpc) is 2.29. The Morgan fingerprint density at radius 2 is 1.83 bits per heavy atom. The van der Waals surface area contributed by atoms with Gasteiger partial charge in [-0.15, -0.1) is 0 Å². The van der Waals surface area contributed by atoms with Crippen molar-refractivity contribution < 1.29 is 4.79 Å². The summed E-state index contributed by atoms with van der Waals surface area (Å²) in [6.07, 6.45) is 7.68. The number of hydrogen-bond donors (Lipinski definition) is 3. The van der Waals surface area contributed by atoms with E-state index in [4.69, 9.17) is 0 Å². The second kappa shape index (κ2) is 6.02. The molecule has 0 bridgehead atoms. The molecule has 3 N–H and O–H groups in total. The predicted molar refractivity (Wildman–Crippen MR) is 73.5 cm³/mol. The minimum absolute atomic E-state index is 0.122. The quantitative estimate of drug-likeness (QED) is 0.641. The zero-order valence-corrected chi connectivity index (χ0v) is 11.7. The van der Waals surface area contributed by atoms with Crippen molar-refractivity contribution in [3.8, 4) is 0 Å². The van der Waals surface area contributed by atoms with Gasteiger partial charge in [-0.25, -0.2) is 0 Å². The number of rotatable bonds is 5. The highest BCUT2D eigenvalue weighted by atomic mass is 16.1. The van der Waals surface area contributed by atoms with Crippen LogP contribution in [-0.4, -0.2) is 38.1 Å². The second-order valence-corrected chi connectivity index (χ2v) is 6.14. The molecule has 0 aromatic carbocycles. The fourth-order valence-corrected chi connectivity index (χ4v) is 3.62. The summed E-state index contributed by atoms with van der Waals surface area (Å²) in [7, 11) is 1.99. The minimum Gasteiger partial charge on any atom is -0.354 e.